The number of alkyl halides is 3. The van der Waals surface area contributed by atoms with Gasteiger partial charge in [0.2, 0.25) is 5.91 Å². The van der Waals surface area contributed by atoms with E-state index in [1.165, 1.54) is 0 Å². The fraction of sp³-hybridized carbons (Fsp3) is 0.900. The van der Waals surface area contributed by atoms with E-state index in [4.69, 9.17) is 4.74 Å². The molecule has 2 saturated heterocycles. The molecule has 0 radical (unpaired) electrons. The molecule has 0 unspecified atom stereocenters. The molecular formula is C10H14F3NO3. The van der Waals surface area contributed by atoms with E-state index in [0.717, 1.165) is 4.90 Å². The average Bonchev–Trinajstić information content (AvgIpc) is 2.84. The van der Waals surface area contributed by atoms with Crippen LogP contribution in [0.1, 0.15) is 12.8 Å². The van der Waals surface area contributed by atoms with E-state index >= 15 is 0 Å². The molecule has 0 aromatic heterocycles. The third-order valence-electron chi connectivity index (χ3n) is 3.37. The number of hydrogen-bond acceptors (Lipinski definition) is 3. The molecule has 1 N–H and O–H groups in total. The quantitative estimate of drug-likeness (QED) is 0.742. The van der Waals surface area contributed by atoms with Crippen molar-refractivity contribution in [1.29, 1.82) is 0 Å². The highest BCUT2D eigenvalue weighted by Gasteiger charge is 2.58. The van der Waals surface area contributed by atoms with Crippen molar-refractivity contribution in [2.45, 2.75) is 24.6 Å². The van der Waals surface area contributed by atoms with Crippen LogP contribution in [0.4, 0.5) is 13.2 Å². The zero-order chi connectivity index (χ0) is 12.7. The van der Waals surface area contributed by atoms with Gasteiger partial charge in [0.05, 0.1) is 19.1 Å². The summed E-state index contributed by atoms with van der Waals surface area (Å²) in [6.45, 7) is 0.0186. The fourth-order valence-corrected chi connectivity index (χ4v) is 2.20. The Morgan fingerprint density at radius 2 is 2.18 bits per heavy atom. The van der Waals surface area contributed by atoms with Gasteiger partial charge in [-0.05, 0) is 6.42 Å². The van der Waals surface area contributed by atoms with Gasteiger partial charge in [-0.2, -0.15) is 13.2 Å². The molecule has 7 heteroatoms. The highest BCUT2D eigenvalue weighted by molar-refractivity contribution is 5.79. The van der Waals surface area contributed by atoms with Crippen molar-refractivity contribution in [2.24, 2.45) is 5.92 Å². The second kappa shape index (κ2) is 4.13. The van der Waals surface area contributed by atoms with E-state index < -0.39 is 24.7 Å². The predicted octanol–water partition coefficient (Wildman–Crippen LogP) is 0.549. The monoisotopic (exact) mass is 253 g/mol. The van der Waals surface area contributed by atoms with Crippen LogP contribution >= 0.6 is 0 Å². The minimum Gasteiger partial charge on any atom is -0.381 e. The van der Waals surface area contributed by atoms with Gasteiger partial charge in [-0.15, -0.1) is 0 Å². The van der Waals surface area contributed by atoms with Crippen molar-refractivity contribution in [3.63, 3.8) is 0 Å². The smallest absolute Gasteiger partial charge is 0.381 e. The van der Waals surface area contributed by atoms with Crippen molar-refractivity contribution in [3.8, 4) is 0 Å². The molecule has 2 atom stereocenters. The Balaban J connectivity index is 2.00. The van der Waals surface area contributed by atoms with Crippen LogP contribution in [0.3, 0.4) is 0 Å². The van der Waals surface area contributed by atoms with E-state index in [-0.39, 0.29) is 25.0 Å². The predicted molar refractivity (Wildman–Crippen MR) is 51.1 cm³/mol. The number of nitrogens with zero attached hydrogens (tertiary/aromatic N) is 1. The molecule has 4 nitrogen and oxygen atoms in total. The van der Waals surface area contributed by atoms with Gasteiger partial charge in [-0.25, -0.2) is 0 Å². The number of rotatable bonds is 1. The van der Waals surface area contributed by atoms with Crippen LogP contribution in [-0.4, -0.2) is 54.0 Å². The van der Waals surface area contributed by atoms with Crippen LogP contribution in [0.2, 0.25) is 0 Å². The van der Waals surface area contributed by atoms with Crippen LogP contribution < -0.4 is 0 Å². The van der Waals surface area contributed by atoms with Crippen molar-refractivity contribution >= 4 is 5.91 Å². The third-order valence-corrected chi connectivity index (χ3v) is 3.37. The SMILES string of the molecule is O=C([C@H]1CCOC1)N1CC[C@@](O)(C(F)(F)F)C1. The number of hydrogen-bond donors (Lipinski definition) is 1. The average molecular weight is 253 g/mol. The summed E-state index contributed by atoms with van der Waals surface area (Å²) in [7, 11) is 0. The van der Waals surface area contributed by atoms with Crippen LogP contribution in [0.15, 0.2) is 0 Å². The second-order valence-corrected chi connectivity index (χ2v) is 4.60. The van der Waals surface area contributed by atoms with Crippen molar-refractivity contribution in [1.82, 2.24) is 4.90 Å². The molecule has 2 rings (SSSR count). The van der Waals surface area contributed by atoms with E-state index in [9.17, 15) is 23.1 Å². The summed E-state index contributed by atoms with van der Waals surface area (Å²) in [6, 6.07) is 0. The lowest BCUT2D eigenvalue weighted by Crippen LogP contribution is -2.48. The van der Waals surface area contributed by atoms with Crippen LogP contribution in [0.25, 0.3) is 0 Å². The first-order chi connectivity index (χ1) is 7.83. The Morgan fingerprint density at radius 3 is 2.65 bits per heavy atom. The molecule has 98 valence electrons. The molecule has 0 saturated carbocycles. The van der Waals surface area contributed by atoms with Crippen LogP contribution in [0, 0.1) is 5.92 Å². The zero-order valence-corrected chi connectivity index (χ0v) is 9.16. The molecule has 0 bridgehead atoms. The lowest BCUT2D eigenvalue weighted by Gasteiger charge is -2.26. The maximum atomic E-state index is 12.5. The summed E-state index contributed by atoms with van der Waals surface area (Å²) >= 11 is 0. The van der Waals surface area contributed by atoms with E-state index in [2.05, 4.69) is 0 Å². The largest absolute Gasteiger partial charge is 0.419 e. The fourth-order valence-electron chi connectivity index (χ4n) is 2.20. The molecule has 2 fully saturated rings. The third kappa shape index (κ3) is 2.26. The Morgan fingerprint density at radius 1 is 1.47 bits per heavy atom. The minimum atomic E-state index is -4.69. The van der Waals surface area contributed by atoms with E-state index in [1.807, 2.05) is 0 Å². The van der Waals surface area contributed by atoms with E-state index in [0.29, 0.717) is 13.0 Å². The molecule has 0 aromatic rings. The van der Waals surface area contributed by atoms with Crippen molar-refractivity contribution in [2.75, 3.05) is 26.3 Å². The van der Waals surface area contributed by atoms with Gasteiger partial charge in [-0.1, -0.05) is 0 Å². The van der Waals surface area contributed by atoms with Crippen molar-refractivity contribution < 1.29 is 27.8 Å². The number of likely N-dealkylation sites (tertiary alicyclic amines) is 1. The van der Waals surface area contributed by atoms with Crippen LogP contribution in [0.5, 0.6) is 0 Å². The van der Waals surface area contributed by atoms with E-state index in [1.54, 1.807) is 0 Å². The Hall–Kier alpha value is -0.820. The lowest BCUT2D eigenvalue weighted by atomic mass is 10.0. The first-order valence-corrected chi connectivity index (χ1v) is 5.49. The molecule has 2 heterocycles. The molecule has 0 aromatic carbocycles. The number of halogens is 3. The van der Waals surface area contributed by atoms with Gasteiger partial charge in [0.15, 0.2) is 5.60 Å². The Labute approximate surface area is 96.3 Å². The normalized spacial score (nSPS) is 34.4. The summed E-state index contributed by atoms with van der Waals surface area (Å²) < 4.78 is 42.7. The number of carbonyl (C=O) groups excluding carboxylic acids is 1. The van der Waals surface area contributed by atoms with Gasteiger partial charge in [0.1, 0.15) is 0 Å². The standard InChI is InChI=1S/C10H14F3NO3/c11-10(12,13)9(16)2-3-14(6-9)8(15)7-1-4-17-5-7/h7,16H,1-6H2/t7-,9-/m0/s1. The minimum absolute atomic E-state index is 0.0503. The maximum absolute atomic E-state index is 12.5. The Kier molecular flexibility index (Phi) is 3.07. The molecular weight excluding hydrogens is 239 g/mol. The van der Waals surface area contributed by atoms with Crippen LogP contribution in [-0.2, 0) is 9.53 Å². The number of carbonyl (C=O) groups is 1. The van der Waals surface area contributed by atoms with Gasteiger partial charge >= 0.3 is 6.18 Å². The number of aliphatic hydroxyl groups is 1. The van der Waals surface area contributed by atoms with Gasteiger partial charge in [0, 0.05) is 19.6 Å². The Bertz CT molecular complexity index is 314. The van der Waals surface area contributed by atoms with Crippen molar-refractivity contribution in [3.05, 3.63) is 0 Å². The summed E-state index contributed by atoms with van der Waals surface area (Å²) in [4.78, 5) is 12.9. The molecule has 17 heavy (non-hydrogen) atoms. The first-order valence-electron chi connectivity index (χ1n) is 5.49. The second-order valence-electron chi connectivity index (χ2n) is 4.60. The molecule has 2 aliphatic heterocycles. The lowest BCUT2D eigenvalue weighted by molar-refractivity contribution is -0.253. The number of amides is 1. The summed E-state index contributed by atoms with van der Waals surface area (Å²) in [5, 5.41) is 9.44. The van der Waals surface area contributed by atoms with Gasteiger partial charge < -0.3 is 14.7 Å². The highest BCUT2D eigenvalue weighted by atomic mass is 19.4. The molecule has 1 amide bonds. The first kappa shape index (κ1) is 12.6. The number of β-amino-alcohol motifs (C(OH)–C–C–N with tert-alkyl or cyclic N) is 1. The summed E-state index contributed by atoms with van der Waals surface area (Å²) in [5.41, 5.74) is -2.75. The molecule has 0 spiro atoms. The highest BCUT2D eigenvalue weighted by Crippen LogP contribution is 2.38. The van der Waals surface area contributed by atoms with Gasteiger partial charge in [-0.3, -0.25) is 4.79 Å². The summed E-state index contributed by atoms with van der Waals surface area (Å²) in [5.74, 6) is -0.701. The van der Waals surface area contributed by atoms with Gasteiger partial charge in [0.25, 0.3) is 0 Å². The topological polar surface area (TPSA) is 49.8 Å². The molecule has 2 aliphatic rings. The zero-order valence-electron chi connectivity index (χ0n) is 9.16. The maximum Gasteiger partial charge on any atom is 0.419 e. The molecule has 0 aliphatic carbocycles. The number of ether oxygens (including phenoxy) is 1. The summed E-state index contributed by atoms with van der Waals surface area (Å²) in [6.07, 6.45) is -4.59.